The monoisotopic (exact) mass is 383 g/mol. The average molecular weight is 385 g/mol. The maximum atomic E-state index is 12.8. The van der Waals surface area contributed by atoms with Gasteiger partial charge >= 0.3 is 5.97 Å². The van der Waals surface area contributed by atoms with Crippen LogP contribution in [0.25, 0.3) is 0 Å². The van der Waals surface area contributed by atoms with Crippen molar-refractivity contribution in [3.63, 3.8) is 0 Å². The van der Waals surface area contributed by atoms with Gasteiger partial charge in [-0.25, -0.2) is 0 Å². The number of carbonyl (C=O) groups excluding carboxylic acids is 2. The summed E-state index contributed by atoms with van der Waals surface area (Å²) in [6.45, 7) is 1.92. The molecule has 4 rings (SSSR count). The molecule has 0 unspecified atom stereocenters. The summed E-state index contributed by atoms with van der Waals surface area (Å²) in [5, 5.41) is 3.53. The molecule has 1 amide bonds. The molecule has 1 heterocycles. The van der Waals surface area contributed by atoms with Crippen LogP contribution >= 0.6 is 27.5 Å². The summed E-state index contributed by atoms with van der Waals surface area (Å²) >= 11 is 9.62. The molecule has 3 fully saturated rings. The lowest BCUT2D eigenvalue weighted by Gasteiger charge is -2.27. The number of carbonyl (C=O) groups is 2. The van der Waals surface area contributed by atoms with E-state index in [-0.39, 0.29) is 46.5 Å². The first kappa shape index (κ1) is 14.5. The maximum Gasteiger partial charge on any atom is 0.310 e. The number of rotatable bonds is 2. The molecule has 4 nitrogen and oxygen atoms in total. The molecular formula is C16H15BrClNO3. The lowest BCUT2D eigenvalue weighted by Crippen LogP contribution is -2.40. The van der Waals surface area contributed by atoms with Crippen LogP contribution in [0.5, 0.6) is 0 Å². The number of halogens is 2. The summed E-state index contributed by atoms with van der Waals surface area (Å²) in [5.41, 5.74) is 1.65. The zero-order chi connectivity index (χ0) is 15.6. The van der Waals surface area contributed by atoms with Crippen molar-refractivity contribution in [3.8, 4) is 0 Å². The zero-order valence-corrected chi connectivity index (χ0v) is 14.2. The molecule has 1 N–H and O–H groups in total. The Morgan fingerprint density at radius 1 is 1.41 bits per heavy atom. The van der Waals surface area contributed by atoms with Crippen molar-refractivity contribution < 1.29 is 14.3 Å². The fourth-order valence-electron chi connectivity index (χ4n) is 4.28. The van der Waals surface area contributed by atoms with Crippen LogP contribution in [0, 0.1) is 30.6 Å². The molecule has 2 saturated carbocycles. The third kappa shape index (κ3) is 1.95. The minimum Gasteiger partial charge on any atom is -0.461 e. The van der Waals surface area contributed by atoms with Crippen LogP contribution in [0.2, 0.25) is 5.02 Å². The number of aryl methyl sites for hydroxylation is 1. The number of esters is 1. The van der Waals surface area contributed by atoms with E-state index in [1.54, 1.807) is 12.1 Å². The topological polar surface area (TPSA) is 55.4 Å². The summed E-state index contributed by atoms with van der Waals surface area (Å²) in [7, 11) is 0. The molecule has 1 aromatic rings. The highest BCUT2D eigenvalue weighted by molar-refractivity contribution is 9.09. The third-order valence-electron chi connectivity index (χ3n) is 5.28. The Bertz CT molecular complexity index is 679. The van der Waals surface area contributed by atoms with Gasteiger partial charge in [-0.05, 0) is 37.0 Å². The summed E-state index contributed by atoms with van der Waals surface area (Å²) < 4.78 is 5.44. The maximum absolute atomic E-state index is 12.8. The number of nitrogens with one attached hydrogen (secondary N) is 1. The van der Waals surface area contributed by atoms with Gasteiger partial charge in [-0.3, -0.25) is 9.59 Å². The van der Waals surface area contributed by atoms with E-state index < -0.39 is 0 Å². The molecule has 1 aromatic carbocycles. The van der Waals surface area contributed by atoms with E-state index in [1.807, 2.05) is 13.0 Å². The third-order valence-corrected chi connectivity index (χ3v) is 6.72. The number of fused-ring (bicyclic) bond motifs is 1. The van der Waals surface area contributed by atoms with E-state index >= 15 is 0 Å². The van der Waals surface area contributed by atoms with Crippen molar-refractivity contribution in [2.75, 3.05) is 5.32 Å². The summed E-state index contributed by atoms with van der Waals surface area (Å²) in [6.07, 6.45) is 0.823. The zero-order valence-electron chi connectivity index (χ0n) is 11.9. The number of alkyl halides is 1. The molecule has 0 radical (unpaired) electrons. The van der Waals surface area contributed by atoms with Gasteiger partial charge in [0.2, 0.25) is 5.91 Å². The predicted molar refractivity (Wildman–Crippen MR) is 86.0 cm³/mol. The number of hydrogen-bond donors (Lipinski definition) is 1. The fraction of sp³-hybridized carbons (Fsp3) is 0.500. The second-order valence-electron chi connectivity index (χ2n) is 6.41. The highest BCUT2D eigenvalue weighted by Gasteiger charge is 2.67. The van der Waals surface area contributed by atoms with Gasteiger partial charge in [0.1, 0.15) is 6.10 Å². The van der Waals surface area contributed by atoms with Gasteiger partial charge in [-0.1, -0.05) is 33.6 Å². The molecule has 2 aliphatic carbocycles. The van der Waals surface area contributed by atoms with Gasteiger partial charge in [0.15, 0.2) is 0 Å². The molecule has 1 saturated heterocycles. The minimum atomic E-state index is -0.320. The second kappa shape index (κ2) is 4.96. The van der Waals surface area contributed by atoms with Crippen LogP contribution in [0.1, 0.15) is 12.0 Å². The standard InChI is InChI=1S/C16H15BrClNO3/c1-6-2-3-7(18)4-10(6)19-15(20)11-8-5-9-12(11)16(21)22-14(9)13(8)17/h2-4,8-9,11-14H,5H2,1H3,(H,19,20)/t8-,9+,11+,12-,13+,14-/m0/s1. The van der Waals surface area contributed by atoms with E-state index in [0.29, 0.717) is 10.7 Å². The van der Waals surface area contributed by atoms with Gasteiger partial charge in [0, 0.05) is 16.6 Å². The molecule has 0 spiro atoms. The quantitative estimate of drug-likeness (QED) is 0.629. The van der Waals surface area contributed by atoms with Crippen molar-refractivity contribution in [3.05, 3.63) is 28.8 Å². The lowest BCUT2D eigenvalue weighted by molar-refractivity contribution is -0.145. The SMILES string of the molecule is Cc1ccc(Cl)cc1NC(=O)[C@@H]1[C@@H]2C[C@H]3[C@H](OC(=O)[C@@H]31)[C@@H]2Br. The van der Waals surface area contributed by atoms with Crippen molar-refractivity contribution in [1.82, 2.24) is 0 Å². The van der Waals surface area contributed by atoms with Gasteiger partial charge in [0.05, 0.1) is 16.7 Å². The van der Waals surface area contributed by atoms with Crippen LogP contribution in [0.15, 0.2) is 18.2 Å². The Hall–Kier alpha value is -1.07. The van der Waals surface area contributed by atoms with Gasteiger partial charge in [-0.2, -0.15) is 0 Å². The summed E-state index contributed by atoms with van der Waals surface area (Å²) in [4.78, 5) is 24.9. The lowest BCUT2D eigenvalue weighted by atomic mass is 9.79. The highest BCUT2D eigenvalue weighted by atomic mass is 79.9. The van der Waals surface area contributed by atoms with Crippen LogP contribution in [0.4, 0.5) is 5.69 Å². The van der Waals surface area contributed by atoms with E-state index in [1.165, 1.54) is 0 Å². The van der Waals surface area contributed by atoms with Crippen molar-refractivity contribution in [2.45, 2.75) is 24.3 Å². The van der Waals surface area contributed by atoms with Crippen LogP contribution in [0.3, 0.4) is 0 Å². The summed E-state index contributed by atoms with van der Waals surface area (Å²) in [6, 6.07) is 5.40. The Morgan fingerprint density at radius 3 is 2.95 bits per heavy atom. The first-order chi connectivity index (χ1) is 10.5. The molecule has 0 aromatic heterocycles. The van der Waals surface area contributed by atoms with E-state index in [0.717, 1.165) is 12.0 Å². The Balaban J connectivity index is 1.61. The highest BCUT2D eigenvalue weighted by Crippen LogP contribution is 2.60. The van der Waals surface area contributed by atoms with Crippen LogP contribution in [-0.2, 0) is 14.3 Å². The Morgan fingerprint density at radius 2 is 2.18 bits per heavy atom. The van der Waals surface area contributed by atoms with Gasteiger partial charge in [-0.15, -0.1) is 0 Å². The molecule has 6 atom stereocenters. The van der Waals surface area contributed by atoms with E-state index in [9.17, 15) is 9.59 Å². The molecule has 1 aliphatic heterocycles. The van der Waals surface area contributed by atoms with Crippen molar-refractivity contribution in [1.29, 1.82) is 0 Å². The first-order valence-corrected chi connectivity index (χ1v) is 8.68. The number of hydrogen-bond acceptors (Lipinski definition) is 3. The molecule has 3 aliphatic rings. The van der Waals surface area contributed by atoms with Crippen LogP contribution in [-0.4, -0.2) is 22.8 Å². The average Bonchev–Trinajstić information content (AvgIpc) is 3.07. The predicted octanol–water partition coefficient (Wildman–Crippen LogP) is 3.16. The minimum absolute atomic E-state index is 0.0561. The number of benzene rings is 1. The number of ether oxygens (including phenoxy) is 1. The number of amides is 1. The van der Waals surface area contributed by atoms with Gasteiger partial charge < -0.3 is 10.1 Å². The van der Waals surface area contributed by atoms with Crippen LogP contribution < -0.4 is 5.32 Å². The molecule has 2 bridgehead atoms. The fourth-order valence-corrected chi connectivity index (χ4v) is 5.49. The molecule has 6 heteroatoms. The van der Waals surface area contributed by atoms with Crippen molar-refractivity contribution in [2.24, 2.45) is 23.7 Å². The van der Waals surface area contributed by atoms with E-state index in [2.05, 4.69) is 21.2 Å². The largest absolute Gasteiger partial charge is 0.461 e. The molecular weight excluding hydrogens is 370 g/mol. The molecule has 116 valence electrons. The normalized spacial score (nSPS) is 38.2. The molecule has 22 heavy (non-hydrogen) atoms. The first-order valence-electron chi connectivity index (χ1n) is 7.39. The summed E-state index contributed by atoms with van der Waals surface area (Å²) in [5.74, 6) is -0.599. The Labute approximate surface area is 141 Å². The second-order valence-corrected chi connectivity index (χ2v) is 7.90. The number of anilines is 1. The Kier molecular flexibility index (Phi) is 3.28. The van der Waals surface area contributed by atoms with E-state index in [4.69, 9.17) is 16.3 Å². The van der Waals surface area contributed by atoms with Gasteiger partial charge in [0.25, 0.3) is 0 Å². The smallest absolute Gasteiger partial charge is 0.310 e. The van der Waals surface area contributed by atoms with Crippen molar-refractivity contribution >= 4 is 45.1 Å².